The van der Waals surface area contributed by atoms with E-state index < -0.39 is 0 Å². The molecule has 14 heavy (non-hydrogen) atoms. The molecule has 1 N–H and O–H groups in total. The molecule has 0 aromatic carbocycles. The first-order chi connectivity index (χ1) is 6.75. The van der Waals surface area contributed by atoms with Crippen LogP contribution in [-0.2, 0) is 0 Å². The third-order valence-electron chi connectivity index (χ3n) is 3.06. The van der Waals surface area contributed by atoms with Gasteiger partial charge in [-0.05, 0) is 25.6 Å². The van der Waals surface area contributed by atoms with Gasteiger partial charge in [0.05, 0.1) is 0 Å². The molecule has 0 aromatic rings. The van der Waals surface area contributed by atoms with E-state index in [0.717, 1.165) is 32.6 Å². The molecule has 1 fully saturated rings. The van der Waals surface area contributed by atoms with Gasteiger partial charge in [-0.2, -0.15) is 0 Å². The van der Waals surface area contributed by atoms with Crippen molar-refractivity contribution < 1.29 is 5.11 Å². The molecule has 78 valence electrons. The van der Waals surface area contributed by atoms with Gasteiger partial charge in [-0.1, -0.05) is 6.08 Å². The summed E-state index contributed by atoms with van der Waals surface area (Å²) in [6.07, 6.45) is 6.78. The molecule has 3 heteroatoms. The second-order valence-electron chi connectivity index (χ2n) is 4.13. The molecule has 0 saturated carbocycles. The second kappa shape index (κ2) is 4.15. The van der Waals surface area contributed by atoms with Crippen LogP contribution in [0, 0.1) is 0 Å². The Balaban J connectivity index is 1.88. The Kier molecular flexibility index (Phi) is 2.89. The van der Waals surface area contributed by atoms with E-state index in [1.54, 1.807) is 0 Å². The molecule has 1 heterocycles. The molecule has 0 spiro atoms. The fourth-order valence-corrected chi connectivity index (χ4v) is 2.02. The van der Waals surface area contributed by atoms with Crippen LogP contribution in [0.4, 0.5) is 0 Å². The van der Waals surface area contributed by atoms with Crippen LogP contribution in [0.2, 0.25) is 0 Å². The van der Waals surface area contributed by atoms with Gasteiger partial charge in [-0.15, -0.1) is 0 Å². The van der Waals surface area contributed by atoms with E-state index in [4.69, 9.17) is 0 Å². The van der Waals surface area contributed by atoms with Crippen LogP contribution in [0.15, 0.2) is 24.0 Å². The molecular weight excluding hydrogens is 176 g/mol. The van der Waals surface area contributed by atoms with Crippen molar-refractivity contribution in [2.45, 2.75) is 12.5 Å². The molecule has 1 aliphatic carbocycles. The smallest absolute Gasteiger partial charge is 0.111 e. The van der Waals surface area contributed by atoms with Crippen molar-refractivity contribution >= 4 is 0 Å². The zero-order valence-corrected chi connectivity index (χ0v) is 8.69. The predicted molar refractivity (Wildman–Crippen MR) is 57.3 cm³/mol. The summed E-state index contributed by atoms with van der Waals surface area (Å²) in [7, 11) is 2.17. The lowest BCUT2D eigenvalue weighted by atomic mass is 10.1. The van der Waals surface area contributed by atoms with E-state index in [2.05, 4.69) is 22.9 Å². The third kappa shape index (κ3) is 2.16. The van der Waals surface area contributed by atoms with Crippen molar-refractivity contribution in [2.75, 3.05) is 33.2 Å². The summed E-state index contributed by atoms with van der Waals surface area (Å²) in [5.41, 5.74) is 0. The number of allylic oxidation sites excluding steroid dienone is 1. The number of aliphatic hydroxyl groups excluding tert-OH is 1. The largest absolute Gasteiger partial charge is 0.508 e. The first-order valence-corrected chi connectivity index (χ1v) is 5.25. The molecule has 0 aromatic heterocycles. The van der Waals surface area contributed by atoms with Crippen LogP contribution >= 0.6 is 0 Å². The van der Waals surface area contributed by atoms with Crippen LogP contribution in [0.5, 0.6) is 0 Å². The number of hydrogen-bond acceptors (Lipinski definition) is 3. The summed E-state index contributed by atoms with van der Waals surface area (Å²) in [6.45, 7) is 4.58. The molecular formula is C11H18N2O. The number of rotatable bonds is 1. The van der Waals surface area contributed by atoms with Crippen molar-refractivity contribution in [3.63, 3.8) is 0 Å². The van der Waals surface area contributed by atoms with Gasteiger partial charge in [0.15, 0.2) is 0 Å². The Bertz CT molecular complexity index is 252. The summed E-state index contributed by atoms with van der Waals surface area (Å²) in [5, 5.41) is 9.21. The molecule has 0 radical (unpaired) electrons. The van der Waals surface area contributed by atoms with Crippen molar-refractivity contribution in [3.8, 4) is 0 Å². The van der Waals surface area contributed by atoms with Gasteiger partial charge in [0, 0.05) is 32.2 Å². The predicted octanol–water partition coefficient (Wildman–Crippen LogP) is 1.00. The SMILES string of the molecule is CN1CCN(C2C=CC(O)=CC2)CC1. The minimum atomic E-state index is 0.412. The Labute approximate surface area is 85.3 Å². The standard InChI is InChI=1S/C11H18N2O/c1-12-6-8-13(9-7-12)10-2-4-11(14)5-3-10/h2,4-5,10,14H,3,6-9H2,1H3. The minimum Gasteiger partial charge on any atom is -0.508 e. The lowest BCUT2D eigenvalue weighted by Gasteiger charge is -2.37. The van der Waals surface area contributed by atoms with Crippen molar-refractivity contribution in [3.05, 3.63) is 24.0 Å². The number of nitrogens with zero attached hydrogens (tertiary/aromatic N) is 2. The van der Waals surface area contributed by atoms with E-state index in [9.17, 15) is 5.11 Å². The highest BCUT2D eigenvalue weighted by atomic mass is 16.3. The highest BCUT2D eigenvalue weighted by Crippen LogP contribution is 2.15. The maximum absolute atomic E-state index is 9.21. The molecule has 0 bridgehead atoms. The fraction of sp³-hybridized carbons (Fsp3) is 0.636. The number of hydrogen-bond donors (Lipinski definition) is 1. The summed E-state index contributed by atoms with van der Waals surface area (Å²) < 4.78 is 0. The van der Waals surface area contributed by atoms with Crippen LogP contribution in [0.1, 0.15) is 6.42 Å². The summed E-state index contributed by atoms with van der Waals surface area (Å²) in [5.74, 6) is 0.412. The highest BCUT2D eigenvalue weighted by molar-refractivity contribution is 5.19. The van der Waals surface area contributed by atoms with Gasteiger partial charge < -0.3 is 10.0 Å². The zero-order chi connectivity index (χ0) is 9.97. The zero-order valence-electron chi connectivity index (χ0n) is 8.69. The summed E-state index contributed by atoms with van der Waals surface area (Å²) >= 11 is 0. The molecule has 2 rings (SSSR count). The Morgan fingerprint density at radius 3 is 2.57 bits per heavy atom. The van der Waals surface area contributed by atoms with Gasteiger partial charge in [0.2, 0.25) is 0 Å². The third-order valence-corrected chi connectivity index (χ3v) is 3.06. The molecule has 0 amide bonds. The first-order valence-electron chi connectivity index (χ1n) is 5.25. The van der Waals surface area contributed by atoms with Gasteiger partial charge in [0.1, 0.15) is 5.76 Å². The van der Waals surface area contributed by atoms with E-state index in [1.165, 1.54) is 0 Å². The quantitative estimate of drug-likeness (QED) is 0.674. The highest BCUT2D eigenvalue weighted by Gasteiger charge is 2.20. The average Bonchev–Trinajstić information content (AvgIpc) is 2.21. The summed E-state index contributed by atoms with van der Waals surface area (Å²) in [4.78, 5) is 4.84. The molecule has 2 aliphatic rings. The van der Waals surface area contributed by atoms with Crippen molar-refractivity contribution in [1.82, 2.24) is 9.80 Å². The van der Waals surface area contributed by atoms with Crippen LogP contribution in [0.3, 0.4) is 0 Å². The monoisotopic (exact) mass is 194 g/mol. The average molecular weight is 194 g/mol. The lowest BCUT2D eigenvalue weighted by molar-refractivity contribution is 0.129. The van der Waals surface area contributed by atoms with Gasteiger partial charge in [-0.25, -0.2) is 0 Å². The van der Waals surface area contributed by atoms with Gasteiger partial charge in [-0.3, -0.25) is 4.90 Å². The van der Waals surface area contributed by atoms with Crippen LogP contribution in [-0.4, -0.2) is 54.2 Å². The normalized spacial score (nSPS) is 30.4. The van der Waals surface area contributed by atoms with E-state index in [-0.39, 0.29) is 0 Å². The molecule has 3 nitrogen and oxygen atoms in total. The molecule has 1 aliphatic heterocycles. The van der Waals surface area contributed by atoms with Gasteiger partial charge >= 0.3 is 0 Å². The van der Waals surface area contributed by atoms with Crippen LogP contribution in [0.25, 0.3) is 0 Å². The number of likely N-dealkylation sites (N-methyl/N-ethyl adjacent to an activating group) is 1. The van der Waals surface area contributed by atoms with E-state index in [1.807, 2.05) is 12.2 Å². The summed E-state index contributed by atoms with van der Waals surface area (Å²) in [6, 6.07) is 0.500. The van der Waals surface area contributed by atoms with Gasteiger partial charge in [0.25, 0.3) is 0 Å². The number of aliphatic hydroxyl groups is 1. The topological polar surface area (TPSA) is 26.7 Å². The van der Waals surface area contributed by atoms with E-state index >= 15 is 0 Å². The lowest BCUT2D eigenvalue weighted by Crippen LogP contribution is -2.48. The maximum Gasteiger partial charge on any atom is 0.111 e. The Hall–Kier alpha value is -0.800. The first kappa shape index (κ1) is 9.74. The molecule has 1 unspecified atom stereocenters. The Morgan fingerprint density at radius 2 is 2.00 bits per heavy atom. The number of piperazine rings is 1. The fourth-order valence-electron chi connectivity index (χ4n) is 2.02. The maximum atomic E-state index is 9.21. The molecule has 1 atom stereocenters. The van der Waals surface area contributed by atoms with Crippen LogP contribution < -0.4 is 0 Å². The second-order valence-corrected chi connectivity index (χ2v) is 4.13. The Morgan fingerprint density at radius 1 is 1.29 bits per heavy atom. The van der Waals surface area contributed by atoms with Crippen molar-refractivity contribution in [1.29, 1.82) is 0 Å². The van der Waals surface area contributed by atoms with Crippen molar-refractivity contribution in [2.24, 2.45) is 0 Å². The minimum absolute atomic E-state index is 0.412. The van der Waals surface area contributed by atoms with E-state index in [0.29, 0.717) is 11.8 Å². The molecule has 1 saturated heterocycles.